The van der Waals surface area contributed by atoms with Crippen LogP contribution in [0.3, 0.4) is 0 Å². The Morgan fingerprint density at radius 2 is 1.56 bits per heavy atom. The van der Waals surface area contributed by atoms with Gasteiger partial charge in [-0.05, 0) is 5.21 Å². The summed E-state index contributed by atoms with van der Waals surface area (Å²) in [5.41, 5.74) is 0. The maximum absolute atomic E-state index is 5.35. The monoisotopic (exact) mass is 172 g/mol. The Morgan fingerprint density at radius 3 is 1.78 bits per heavy atom. The summed E-state index contributed by atoms with van der Waals surface area (Å²) in [7, 11) is 0. The normalized spacial score (nSPS) is 8.22. The molecule has 1 aromatic rings. The Bertz CT molecular complexity index is 177. The Kier molecular flexibility index (Phi) is 4.70. The predicted molar refractivity (Wildman–Crippen MR) is 35.6 cm³/mol. The van der Waals surface area contributed by atoms with Gasteiger partial charge in [0.05, 0.1) is 0 Å². The van der Waals surface area contributed by atoms with E-state index in [1.165, 1.54) is 6.07 Å². The van der Waals surface area contributed by atoms with Crippen LogP contribution < -0.4 is 0 Å². The van der Waals surface area contributed by atoms with Gasteiger partial charge in [0.2, 0.25) is 0 Å². The first kappa shape index (κ1) is 9.59. The van der Waals surface area contributed by atoms with Crippen LogP contribution in [0.2, 0.25) is 10.3 Å². The zero-order chi connectivity index (χ0) is 5.98. The summed E-state index contributed by atoms with van der Waals surface area (Å²) in [6, 6.07) is 1.41. The summed E-state index contributed by atoms with van der Waals surface area (Å²) >= 11 is 10.7. The molecule has 0 saturated heterocycles. The number of nitrogens with zero attached hydrogens (tertiary/aromatic N) is 3. The van der Waals surface area contributed by atoms with E-state index in [0.717, 1.165) is 0 Å². The Balaban J connectivity index is 0.000000640. The SMILES string of the molecule is Clc1cc(Cl)nnn1.[Na]. The minimum absolute atomic E-state index is 0. The average Bonchev–Trinajstić information content (AvgIpc) is 1.64. The van der Waals surface area contributed by atoms with Gasteiger partial charge in [-0.3, -0.25) is 0 Å². The van der Waals surface area contributed by atoms with Crippen molar-refractivity contribution in [2.75, 3.05) is 0 Å². The molecule has 0 atom stereocenters. The number of hydrogen-bond acceptors (Lipinski definition) is 3. The molecule has 0 spiro atoms. The van der Waals surface area contributed by atoms with Gasteiger partial charge in [0.25, 0.3) is 0 Å². The second kappa shape index (κ2) is 4.41. The van der Waals surface area contributed by atoms with E-state index in [1.807, 2.05) is 0 Å². The number of rotatable bonds is 0. The predicted octanol–water partition coefficient (Wildman–Crippen LogP) is 0.798. The molecule has 3 nitrogen and oxygen atoms in total. The van der Waals surface area contributed by atoms with Gasteiger partial charge in [0, 0.05) is 35.6 Å². The molecule has 0 aliphatic heterocycles. The molecule has 0 unspecified atom stereocenters. The summed E-state index contributed by atoms with van der Waals surface area (Å²) in [6.45, 7) is 0. The first-order chi connectivity index (χ1) is 3.79. The fourth-order valence-electron chi connectivity index (χ4n) is 0.264. The van der Waals surface area contributed by atoms with Crippen LogP contribution >= 0.6 is 23.2 Å². The minimum Gasteiger partial charge on any atom is -0.118 e. The van der Waals surface area contributed by atoms with Crippen LogP contribution in [0, 0.1) is 0 Å². The van der Waals surface area contributed by atoms with Gasteiger partial charge in [-0.1, -0.05) is 23.2 Å². The summed E-state index contributed by atoms with van der Waals surface area (Å²) in [4.78, 5) is 0. The van der Waals surface area contributed by atoms with Crippen molar-refractivity contribution < 1.29 is 0 Å². The van der Waals surface area contributed by atoms with Gasteiger partial charge in [0.1, 0.15) is 0 Å². The van der Waals surface area contributed by atoms with Crippen molar-refractivity contribution in [2.24, 2.45) is 0 Å². The van der Waals surface area contributed by atoms with Gasteiger partial charge in [-0.2, -0.15) is 0 Å². The summed E-state index contributed by atoms with van der Waals surface area (Å²) in [6.07, 6.45) is 0. The molecule has 0 N–H and O–H groups in total. The largest absolute Gasteiger partial charge is 0.156 e. The van der Waals surface area contributed by atoms with E-state index in [1.54, 1.807) is 0 Å². The van der Waals surface area contributed by atoms with Gasteiger partial charge in [-0.15, -0.1) is 10.2 Å². The van der Waals surface area contributed by atoms with Crippen LogP contribution in [0.1, 0.15) is 0 Å². The van der Waals surface area contributed by atoms with Crippen LogP contribution in [0.5, 0.6) is 0 Å². The van der Waals surface area contributed by atoms with Gasteiger partial charge in [0.15, 0.2) is 10.3 Å². The van der Waals surface area contributed by atoms with E-state index in [4.69, 9.17) is 23.2 Å². The second-order valence-electron chi connectivity index (χ2n) is 1.08. The standard InChI is InChI=1S/C3HCl2N3.Na/c4-2-1-3(5)7-8-6-2;/h1H;. The maximum atomic E-state index is 5.35. The van der Waals surface area contributed by atoms with Crippen molar-refractivity contribution in [1.82, 2.24) is 15.4 Å². The third kappa shape index (κ3) is 3.33. The third-order valence-corrected chi connectivity index (χ3v) is 0.888. The summed E-state index contributed by atoms with van der Waals surface area (Å²) < 4.78 is 0. The fraction of sp³-hybridized carbons (Fsp3) is 0. The van der Waals surface area contributed by atoms with Crippen LogP contribution in [0.4, 0.5) is 0 Å². The molecule has 6 heteroatoms. The second-order valence-corrected chi connectivity index (χ2v) is 1.85. The molecule has 1 radical (unpaired) electrons. The van der Waals surface area contributed by atoms with Crippen LogP contribution in [0.15, 0.2) is 6.07 Å². The van der Waals surface area contributed by atoms with Crippen LogP contribution in [-0.4, -0.2) is 45.0 Å². The average molecular weight is 173 g/mol. The molecule has 1 rings (SSSR count). The topological polar surface area (TPSA) is 38.7 Å². The van der Waals surface area contributed by atoms with E-state index in [9.17, 15) is 0 Å². The molecule has 0 aromatic carbocycles. The number of hydrogen-bond donors (Lipinski definition) is 0. The van der Waals surface area contributed by atoms with E-state index in [2.05, 4.69) is 15.4 Å². The zero-order valence-corrected chi connectivity index (χ0v) is 8.19. The van der Waals surface area contributed by atoms with E-state index in [-0.39, 0.29) is 39.9 Å². The number of aromatic nitrogens is 3. The van der Waals surface area contributed by atoms with Gasteiger partial charge in [-0.25, -0.2) is 0 Å². The molecule has 1 aromatic heterocycles. The molecule has 0 aliphatic carbocycles. The van der Waals surface area contributed by atoms with Crippen molar-refractivity contribution in [2.45, 2.75) is 0 Å². The minimum atomic E-state index is 0. The quantitative estimate of drug-likeness (QED) is 0.544. The molecule has 43 valence electrons. The smallest absolute Gasteiger partial charge is 0.118 e. The molecule has 1 heterocycles. The molecule has 9 heavy (non-hydrogen) atoms. The molecular formula is C3HCl2N3Na. The fourth-order valence-corrected chi connectivity index (χ4v) is 0.594. The first-order valence-electron chi connectivity index (χ1n) is 1.80. The third-order valence-electron chi connectivity index (χ3n) is 0.519. The Hall–Kier alpha value is 0.590. The molecule has 0 saturated carbocycles. The van der Waals surface area contributed by atoms with E-state index in [0.29, 0.717) is 0 Å². The van der Waals surface area contributed by atoms with Crippen LogP contribution in [0.25, 0.3) is 0 Å². The Morgan fingerprint density at radius 1 is 1.11 bits per heavy atom. The van der Waals surface area contributed by atoms with Crippen molar-refractivity contribution in [1.29, 1.82) is 0 Å². The van der Waals surface area contributed by atoms with Gasteiger partial charge >= 0.3 is 0 Å². The Labute approximate surface area is 84.0 Å². The van der Waals surface area contributed by atoms with Crippen molar-refractivity contribution in [3.05, 3.63) is 16.4 Å². The molecular weight excluding hydrogens is 172 g/mol. The van der Waals surface area contributed by atoms with Gasteiger partial charge < -0.3 is 0 Å². The number of halogens is 2. The molecule has 0 fully saturated rings. The van der Waals surface area contributed by atoms with Crippen molar-refractivity contribution >= 4 is 52.8 Å². The van der Waals surface area contributed by atoms with Crippen molar-refractivity contribution in [3.63, 3.8) is 0 Å². The van der Waals surface area contributed by atoms with E-state index < -0.39 is 0 Å². The maximum Gasteiger partial charge on any atom is 0.156 e. The molecule has 0 amide bonds. The van der Waals surface area contributed by atoms with E-state index >= 15 is 0 Å². The zero-order valence-electron chi connectivity index (χ0n) is 4.67. The van der Waals surface area contributed by atoms with Crippen molar-refractivity contribution in [3.8, 4) is 0 Å². The van der Waals surface area contributed by atoms with Crippen LogP contribution in [-0.2, 0) is 0 Å². The first-order valence-corrected chi connectivity index (χ1v) is 2.56. The molecule has 0 aliphatic rings. The summed E-state index contributed by atoms with van der Waals surface area (Å²) in [5, 5.41) is 10.4. The molecule has 0 bridgehead atoms. The summed E-state index contributed by atoms with van der Waals surface area (Å²) in [5.74, 6) is 0.